The van der Waals surface area contributed by atoms with Gasteiger partial charge in [-0.2, -0.15) is 0 Å². The highest BCUT2D eigenvalue weighted by Gasteiger charge is 2.36. The first-order chi connectivity index (χ1) is 14.9. The molecule has 3 aromatic carbocycles. The van der Waals surface area contributed by atoms with Gasteiger partial charge in [0.25, 0.3) is 5.91 Å². The molecule has 1 aliphatic heterocycles. The predicted octanol–water partition coefficient (Wildman–Crippen LogP) is 5.66. The minimum Gasteiger partial charge on any atom is -0.487 e. The lowest BCUT2D eigenvalue weighted by atomic mass is 10.1. The predicted molar refractivity (Wildman–Crippen MR) is 124 cm³/mol. The third-order valence-corrected chi connectivity index (χ3v) is 5.59. The molecule has 0 bridgehead atoms. The van der Waals surface area contributed by atoms with Crippen LogP contribution in [0.1, 0.15) is 11.1 Å². The summed E-state index contributed by atoms with van der Waals surface area (Å²) in [7, 11) is 1.76. The van der Waals surface area contributed by atoms with Crippen molar-refractivity contribution >= 4 is 46.6 Å². The molecule has 3 aromatic rings. The molecule has 1 aliphatic rings. The van der Waals surface area contributed by atoms with Crippen LogP contribution in [0.5, 0.6) is 5.75 Å². The van der Waals surface area contributed by atoms with Gasteiger partial charge in [-0.1, -0.05) is 48.0 Å². The van der Waals surface area contributed by atoms with Gasteiger partial charge in [-0.3, -0.25) is 9.69 Å². The van der Waals surface area contributed by atoms with Gasteiger partial charge in [-0.05, 0) is 65.8 Å². The topological polar surface area (TPSA) is 32.8 Å². The van der Waals surface area contributed by atoms with Crippen molar-refractivity contribution in [2.24, 2.45) is 0 Å². The number of likely N-dealkylation sites (N-methyl/N-ethyl adjacent to an activating group) is 1. The van der Waals surface area contributed by atoms with E-state index in [1.54, 1.807) is 42.3 Å². The molecule has 1 saturated heterocycles. The van der Waals surface area contributed by atoms with E-state index >= 15 is 0 Å². The van der Waals surface area contributed by atoms with Crippen molar-refractivity contribution in [3.05, 3.63) is 100 Å². The molecule has 0 unspecified atom stereocenters. The number of anilines is 1. The number of hydrogen-bond donors (Lipinski definition) is 0. The minimum absolute atomic E-state index is 0.202. The molecular weight excluding hydrogens is 435 g/mol. The molecule has 0 spiro atoms. The number of benzene rings is 3. The fourth-order valence-electron chi connectivity index (χ4n) is 3.18. The van der Waals surface area contributed by atoms with Crippen LogP contribution in [0.2, 0.25) is 5.02 Å². The molecule has 156 valence electrons. The largest absolute Gasteiger partial charge is 0.487 e. The number of halogens is 2. The van der Waals surface area contributed by atoms with Crippen LogP contribution in [-0.4, -0.2) is 23.0 Å². The maximum atomic E-state index is 13.0. The maximum Gasteiger partial charge on any atom is 0.281 e. The second kappa shape index (κ2) is 8.88. The zero-order valence-electron chi connectivity index (χ0n) is 16.6. The van der Waals surface area contributed by atoms with E-state index in [9.17, 15) is 9.18 Å². The highest BCUT2D eigenvalue weighted by molar-refractivity contribution is 7.80. The van der Waals surface area contributed by atoms with Crippen LogP contribution in [0.25, 0.3) is 6.08 Å². The summed E-state index contributed by atoms with van der Waals surface area (Å²) in [4.78, 5) is 16.2. The standard InChI is InChI=1S/C24H18ClFN2O2S/c1-27-21(23(29)28(24(27)31)19-5-3-2-4-6-19)14-17-9-12-22(20(25)13-17)30-15-16-7-10-18(26)11-8-16/h2-14H,15H2,1H3/b21-14-. The van der Waals surface area contributed by atoms with Crippen LogP contribution in [0, 0.1) is 5.82 Å². The van der Waals surface area contributed by atoms with Crippen LogP contribution >= 0.6 is 23.8 Å². The van der Waals surface area contributed by atoms with E-state index in [0.717, 1.165) is 16.8 Å². The lowest BCUT2D eigenvalue weighted by Gasteiger charge is -2.16. The lowest BCUT2D eigenvalue weighted by Crippen LogP contribution is -2.30. The van der Waals surface area contributed by atoms with Gasteiger partial charge in [0.2, 0.25) is 0 Å². The summed E-state index contributed by atoms with van der Waals surface area (Å²) in [5, 5.41) is 0.819. The molecule has 4 rings (SSSR count). The van der Waals surface area contributed by atoms with Gasteiger partial charge in [0.05, 0.1) is 10.7 Å². The summed E-state index contributed by atoms with van der Waals surface area (Å²) >= 11 is 11.9. The number of carbonyl (C=O) groups excluding carboxylic acids is 1. The van der Waals surface area contributed by atoms with Gasteiger partial charge in [0, 0.05) is 7.05 Å². The first-order valence-electron chi connectivity index (χ1n) is 9.50. The van der Waals surface area contributed by atoms with Gasteiger partial charge < -0.3 is 9.64 Å². The SMILES string of the molecule is CN1C(=S)N(c2ccccc2)C(=O)/C1=C/c1ccc(OCc2ccc(F)cc2)c(Cl)c1. The second-order valence-electron chi connectivity index (χ2n) is 6.95. The van der Waals surface area contributed by atoms with Crippen molar-refractivity contribution in [1.82, 2.24) is 4.90 Å². The maximum absolute atomic E-state index is 13.0. The summed E-state index contributed by atoms with van der Waals surface area (Å²) < 4.78 is 18.8. The lowest BCUT2D eigenvalue weighted by molar-refractivity contribution is -0.114. The number of rotatable bonds is 5. The fourth-order valence-corrected chi connectivity index (χ4v) is 3.71. The summed E-state index contributed by atoms with van der Waals surface area (Å²) in [5.41, 5.74) is 2.74. The highest BCUT2D eigenvalue weighted by atomic mass is 35.5. The van der Waals surface area contributed by atoms with Crippen LogP contribution in [-0.2, 0) is 11.4 Å². The molecule has 0 aromatic heterocycles. The Bertz CT molecular complexity index is 1170. The summed E-state index contributed by atoms with van der Waals surface area (Å²) in [6.45, 7) is 0.266. The van der Waals surface area contributed by atoms with E-state index in [4.69, 9.17) is 28.6 Å². The van der Waals surface area contributed by atoms with Gasteiger partial charge in [0.15, 0.2) is 5.11 Å². The Balaban J connectivity index is 1.53. The van der Waals surface area contributed by atoms with Crippen molar-refractivity contribution in [1.29, 1.82) is 0 Å². The first kappa shape index (κ1) is 21.0. The minimum atomic E-state index is -0.295. The third-order valence-electron chi connectivity index (χ3n) is 4.84. The zero-order chi connectivity index (χ0) is 22.0. The molecule has 1 amide bonds. The Labute approximate surface area is 190 Å². The van der Waals surface area contributed by atoms with Crippen molar-refractivity contribution < 1.29 is 13.9 Å². The van der Waals surface area contributed by atoms with E-state index in [1.807, 2.05) is 36.4 Å². The number of para-hydroxylation sites is 1. The van der Waals surface area contributed by atoms with Crippen LogP contribution in [0.15, 0.2) is 78.5 Å². The highest BCUT2D eigenvalue weighted by Crippen LogP contribution is 2.30. The summed E-state index contributed by atoms with van der Waals surface area (Å²) in [5.74, 6) is 0.00282. The second-order valence-corrected chi connectivity index (χ2v) is 7.72. The van der Waals surface area contributed by atoms with E-state index in [2.05, 4.69) is 0 Å². The molecule has 7 heteroatoms. The first-order valence-corrected chi connectivity index (χ1v) is 10.3. The Hall–Kier alpha value is -3.22. The monoisotopic (exact) mass is 452 g/mol. The molecule has 0 saturated carbocycles. The van der Waals surface area contributed by atoms with E-state index in [0.29, 0.717) is 21.6 Å². The zero-order valence-corrected chi connectivity index (χ0v) is 18.2. The smallest absolute Gasteiger partial charge is 0.281 e. The molecular formula is C24H18ClFN2O2S. The van der Waals surface area contributed by atoms with Gasteiger partial charge in [-0.25, -0.2) is 4.39 Å². The number of hydrogen-bond acceptors (Lipinski definition) is 3. The molecule has 31 heavy (non-hydrogen) atoms. The van der Waals surface area contributed by atoms with E-state index in [1.165, 1.54) is 17.0 Å². The van der Waals surface area contributed by atoms with Crippen molar-refractivity contribution in [2.45, 2.75) is 6.61 Å². The normalized spacial score (nSPS) is 15.1. The van der Waals surface area contributed by atoms with Crippen molar-refractivity contribution in [3.63, 3.8) is 0 Å². The fraction of sp³-hybridized carbons (Fsp3) is 0.0833. The Morgan fingerprint density at radius 3 is 2.45 bits per heavy atom. The molecule has 0 N–H and O–H groups in total. The average Bonchev–Trinajstić information content (AvgIpc) is 2.98. The quantitative estimate of drug-likeness (QED) is 0.369. The molecule has 1 heterocycles. The van der Waals surface area contributed by atoms with E-state index in [-0.39, 0.29) is 18.3 Å². The Morgan fingerprint density at radius 2 is 1.77 bits per heavy atom. The number of carbonyl (C=O) groups is 1. The number of ether oxygens (including phenoxy) is 1. The third kappa shape index (κ3) is 4.45. The van der Waals surface area contributed by atoms with Gasteiger partial charge >= 0.3 is 0 Å². The molecule has 1 fully saturated rings. The number of thiocarbonyl (C=S) groups is 1. The van der Waals surface area contributed by atoms with Gasteiger partial charge in [0.1, 0.15) is 23.9 Å². The summed E-state index contributed by atoms with van der Waals surface area (Å²) in [6.07, 6.45) is 1.74. The van der Waals surface area contributed by atoms with Crippen molar-refractivity contribution in [3.8, 4) is 5.75 Å². The average molecular weight is 453 g/mol. The van der Waals surface area contributed by atoms with Crippen LogP contribution in [0.4, 0.5) is 10.1 Å². The molecule has 4 nitrogen and oxygen atoms in total. The van der Waals surface area contributed by atoms with E-state index < -0.39 is 0 Å². The van der Waals surface area contributed by atoms with Gasteiger partial charge in [-0.15, -0.1) is 0 Å². The number of nitrogens with zero attached hydrogens (tertiary/aromatic N) is 2. The van der Waals surface area contributed by atoms with Crippen LogP contribution < -0.4 is 9.64 Å². The van der Waals surface area contributed by atoms with Crippen molar-refractivity contribution in [2.75, 3.05) is 11.9 Å². The number of amides is 1. The van der Waals surface area contributed by atoms with Crippen LogP contribution in [0.3, 0.4) is 0 Å². The molecule has 0 aliphatic carbocycles. The molecule has 0 atom stereocenters. The Morgan fingerprint density at radius 1 is 1.06 bits per heavy atom. The molecule has 0 radical (unpaired) electrons. The Kier molecular flexibility index (Phi) is 6.02. The summed E-state index contributed by atoms with van der Waals surface area (Å²) in [6, 6.07) is 20.6.